The third-order valence-electron chi connectivity index (χ3n) is 4.66. The maximum Gasteiger partial charge on any atom is 0.238 e. The smallest absolute Gasteiger partial charge is 0.238 e. The second kappa shape index (κ2) is 8.22. The maximum absolute atomic E-state index is 12.1. The zero-order valence-corrected chi connectivity index (χ0v) is 18.5. The van der Waals surface area contributed by atoms with Gasteiger partial charge in [-0.1, -0.05) is 18.2 Å². The van der Waals surface area contributed by atoms with Crippen LogP contribution in [-0.2, 0) is 26.4 Å². The van der Waals surface area contributed by atoms with Gasteiger partial charge in [-0.2, -0.15) is 4.98 Å². The molecule has 5 N–H and O–H groups in total. The minimum atomic E-state index is -3.78. The van der Waals surface area contributed by atoms with Crippen molar-refractivity contribution in [2.24, 2.45) is 5.14 Å². The molecule has 166 valence electrons. The summed E-state index contributed by atoms with van der Waals surface area (Å²) >= 11 is 0. The average molecular weight is 473 g/mol. The molecule has 0 unspecified atom stereocenters. The second-order valence-corrected chi connectivity index (χ2v) is 10.6. The van der Waals surface area contributed by atoms with Crippen molar-refractivity contribution in [1.29, 1.82) is 0 Å². The first-order chi connectivity index (χ1) is 15.1. The predicted octanol–water partition coefficient (Wildman–Crippen LogP) is 2.36. The average Bonchev–Trinajstić information content (AvgIpc) is 3.20. The van der Waals surface area contributed by atoms with Crippen molar-refractivity contribution in [2.45, 2.75) is 16.3 Å². The summed E-state index contributed by atoms with van der Waals surface area (Å²) in [6.07, 6.45) is 2.89. The Kier molecular flexibility index (Phi) is 5.59. The van der Waals surface area contributed by atoms with E-state index in [-0.39, 0.29) is 22.3 Å². The molecule has 4 aromatic rings. The van der Waals surface area contributed by atoms with E-state index in [0.29, 0.717) is 28.1 Å². The maximum atomic E-state index is 12.1. The molecular formula is C20H20N6O4S2. The van der Waals surface area contributed by atoms with Gasteiger partial charge in [-0.25, -0.2) is 27.0 Å². The number of nitrogens with zero attached hydrogens (tertiary/aromatic N) is 2. The van der Waals surface area contributed by atoms with E-state index in [0.717, 1.165) is 0 Å². The highest BCUT2D eigenvalue weighted by Gasteiger charge is 2.14. The molecule has 12 heteroatoms. The Bertz CT molecular complexity index is 1500. The Morgan fingerprint density at radius 2 is 1.69 bits per heavy atom. The summed E-state index contributed by atoms with van der Waals surface area (Å²) in [5.74, 6) is 0.756. The molecule has 32 heavy (non-hydrogen) atoms. The summed E-state index contributed by atoms with van der Waals surface area (Å²) in [5.41, 5.74) is 2.49. The molecule has 0 fully saturated rings. The molecule has 2 heterocycles. The standard InChI is InChI=1S/C20H20N6O4S2/c1-31(27,28)17-5-3-2-4-13(17)12-23-19-18-16(10-11-22-18)25-20(26-19)24-14-6-8-15(9-7-14)32(21,29)30/h2-11,22H,12H2,1H3,(H2,21,29,30)(H2,23,24,25,26). The molecule has 0 radical (unpaired) electrons. The molecule has 0 atom stereocenters. The lowest BCUT2D eigenvalue weighted by molar-refractivity contribution is 0.597. The number of sulfonamides is 1. The van der Waals surface area contributed by atoms with Crippen LogP contribution in [0.25, 0.3) is 11.0 Å². The van der Waals surface area contributed by atoms with Crippen LogP contribution in [0.4, 0.5) is 17.5 Å². The third kappa shape index (κ3) is 4.72. The number of nitrogens with two attached hydrogens (primary N) is 1. The van der Waals surface area contributed by atoms with Crippen molar-refractivity contribution in [3.05, 3.63) is 66.4 Å². The van der Waals surface area contributed by atoms with E-state index in [1.165, 1.54) is 18.4 Å². The predicted molar refractivity (Wildman–Crippen MR) is 122 cm³/mol. The van der Waals surface area contributed by atoms with Gasteiger partial charge in [-0.3, -0.25) is 0 Å². The molecule has 0 aliphatic heterocycles. The number of anilines is 3. The van der Waals surface area contributed by atoms with Crippen molar-refractivity contribution in [1.82, 2.24) is 15.0 Å². The molecule has 2 aromatic carbocycles. The number of benzene rings is 2. The van der Waals surface area contributed by atoms with E-state index in [2.05, 4.69) is 25.6 Å². The Balaban J connectivity index is 1.62. The molecule has 10 nitrogen and oxygen atoms in total. The Morgan fingerprint density at radius 3 is 2.38 bits per heavy atom. The van der Waals surface area contributed by atoms with Crippen LogP contribution in [0.1, 0.15) is 5.56 Å². The first-order valence-corrected chi connectivity index (χ1v) is 12.8. The topological polar surface area (TPSA) is 160 Å². The Labute approximate surface area is 184 Å². The van der Waals surface area contributed by atoms with E-state index < -0.39 is 19.9 Å². The number of aromatic nitrogens is 3. The van der Waals surface area contributed by atoms with Gasteiger partial charge in [-0.15, -0.1) is 0 Å². The van der Waals surface area contributed by atoms with Crippen molar-refractivity contribution >= 4 is 48.3 Å². The van der Waals surface area contributed by atoms with Gasteiger partial charge in [0.1, 0.15) is 5.52 Å². The quantitative estimate of drug-likeness (QED) is 0.319. The van der Waals surface area contributed by atoms with Crippen LogP contribution in [0.5, 0.6) is 0 Å². The number of primary sulfonamides is 1. The highest BCUT2D eigenvalue weighted by atomic mass is 32.2. The van der Waals surface area contributed by atoms with Gasteiger partial charge >= 0.3 is 0 Å². The van der Waals surface area contributed by atoms with E-state index in [9.17, 15) is 16.8 Å². The lowest BCUT2D eigenvalue weighted by Gasteiger charge is -2.12. The van der Waals surface area contributed by atoms with Crippen LogP contribution in [-0.4, -0.2) is 38.0 Å². The van der Waals surface area contributed by atoms with Gasteiger partial charge in [0.15, 0.2) is 15.7 Å². The lowest BCUT2D eigenvalue weighted by atomic mass is 10.2. The molecule has 0 aliphatic rings. The van der Waals surface area contributed by atoms with Crippen LogP contribution in [0, 0.1) is 0 Å². The number of sulfone groups is 1. The van der Waals surface area contributed by atoms with E-state index in [4.69, 9.17) is 5.14 Å². The number of H-pyrrole nitrogens is 1. The number of hydrogen-bond acceptors (Lipinski definition) is 8. The lowest BCUT2D eigenvalue weighted by Crippen LogP contribution is -2.12. The van der Waals surface area contributed by atoms with E-state index in [1.807, 2.05) is 0 Å². The second-order valence-electron chi connectivity index (χ2n) is 7.06. The fraction of sp³-hybridized carbons (Fsp3) is 0.100. The summed E-state index contributed by atoms with van der Waals surface area (Å²) in [7, 11) is -7.16. The summed E-state index contributed by atoms with van der Waals surface area (Å²) in [5, 5.41) is 11.3. The van der Waals surface area contributed by atoms with Gasteiger partial charge < -0.3 is 15.6 Å². The molecule has 0 bridgehead atoms. The zero-order chi connectivity index (χ0) is 22.9. The van der Waals surface area contributed by atoms with Gasteiger partial charge in [0.2, 0.25) is 16.0 Å². The number of hydrogen-bond donors (Lipinski definition) is 4. The van der Waals surface area contributed by atoms with Crippen LogP contribution in [0.15, 0.2) is 70.6 Å². The molecule has 0 amide bonds. The summed E-state index contributed by atoms with van der Waals surface area (Å²) < 4.78 is 47.0. The fourth-order valence-electron chi connectivity index (χ4n) is 3.18. The van der Waals surface area contributed by atoms with Crippen LogP contribution in [0.2, 0.25) is 0 Å². The molecule has 0 aliphatic carbocycles. The highest BCUT2D eigenvalue weighted by Crippen LogP contribution is 2.24. The van der Waals surface area contributed by atoms with Crippen LogP contribution < -0.4 is 15.8 Å². The van der Waals surface area contributed by atoms with Crippen LogP contribution >= 0.6 is 0 Å². The summed E-state index contributed by atoms with van der Waals surface area (Å²) in [4.78, 5) is 12.2. The number of nitrogens with one attached hydrogen (secondary N) is 3. The number of aromatic amines is 1. The summed E-state index contributed by atoms with van der Waals surface area (Å²) in [6.45, 7) is 0.233. The minimum Gasteiger partial charge on any atom is -0.364 e. The van der Waals surface area contributed by atoms with Crippen molar-refractivity contribution < 1.29 is 16.8 Å². The normalized spacial score (nSPS) is 12.1. The van der Waals surface area contributed by atoms with Crippen molar-refractivity contribution in [3.63, 3.8) is 0 Å². The highest BCUT2D eigenvalue weighted by molar-refractivity contribution is 7.90. The van der Waals surface area contributed by atoms with Gasteiger partial charge in [0.05, 0.1) is 15.3 Å². The molecule has 4 rings (SSSR count). The largest absolute Gasteiger partial charge is 0.364 e. The monoisotopic (exact) mass is 472 g/mol. The van der Waals surface area contributed by atoms with Crippen LogP contribution in [0.3, 0.4) is 0 Å². The molecule has 0 spiro atoms. The van der Waals surface area contributed by atoms with Gasteiger partial charge in [0.25, 0.3) is 0 Å². The van der Waals surface area contributed by atoms with Crippen molar-refractivity contribution in [3.8, 4) is 0 Å². The molecule has 0 saturated heterocycles. The van der Waals surface area contributed by atoms with E-state index >= 15 is 0 Å². The van der Waals surface area contributed by atoms with E-state index in [1.54, 1.807) is 48.7 Å². The third-order valence-corrected chi connectivity index (χ3v) is 6.79. The fourth-order valence-corrected chi connectivity index (χ4v) is 4.63. The molecular weight excluding hydrogens is 452 g/mol. The van der Waals surface area contributed by atoms with Gasteiger partial charge in [0, 0.05) is 24.7 Å². The zero-order valence-electron chi connectivity index (χ0n) is 16.9. The SMILES string of the molecule is CS(=O)(=O)c1ccccc1CNc1nc(Nc2ccc(S(N)(=O)=O)cc2)nc2cc[nH]c12. The number of fused-ring (bicyclic) bond motifs is 1. The first-order valence-electron chi connectivity index (χ1n) is 9.38. The Morgan fingerprint density at radius 1 is 0.969 bits per heavy atom. The molecule has 0 saturated carbocycles. The van der Waals surface area contributed by atoms with Gasteiger partial charge in [-0.05, 0) is 42.0 Å². The summed E-state index contributed by atoms with van der Waals surface area (Å²) in [6, 6.07) is 14.4. The van der Waals surface area contributed by atoms with Crippen molar-refractivity contribution in [2.75, 3.05) is 16.9 Å². The first kappa shape index (κ1) is 21.7. The minimum absolute atomic E-state index is 0.00282. The Hall–Kier alpha value is -3.48. The number of rotatable bonds is 7. The molecule has 2 aromatic heterocycles.